The minimum absolute atomic E-state index is 0.740. The molecule has 0 saturated heterocycles. The fourth-order valence-electron chi connectivity index (χ4n) is 1.46. The van der Waals surface area contributed by atoms with Crippen LogP contribution in [0.15, 0.2) is 24.3 Å². The first-order valence-electron chi connectivity index (χ1n) is 4.70. The largest absolute Gasteiger partial charge is 0.496 e. The zero-order valence-corrected chi connectivity index (χ0v) is 9.53. The maximum Gasteiger partial charge on any atom is 0.133 e. The average Bonchev–Trinajstić information content (AvgIpc) is 2.30. The van der Waals surface area contributed by atoms with E-state index in [1.165, 1.54) is 0 Å². The number of hydrogen-bond donors (Lipinski definition) is 0. The van der Waals surface area contributed by atoms with E-state index < -0.39 is 0 Å². The second-order valence-corrected chi connectivity index (χ2v) is 2.89. The van der Waals surface area contributed by atoms with Gasteiger partial charge in [0.2, 0.25) is 0 Å². The molecule has 3 nitrogen and oxygen atoms in total. The first-order chi connectivity index (χ1) is 7.28. The minimum Gasteiger partial charge on any atom is -0.496 e. The third-order valence-electron chi connectivity index (χ3n) is 2.16. The summed E-state index contributed by atoms with van der Waals surface area (Å²) in [5.74, 6) is 2.22. The molecule has 0 amide bonds. The molecule has 15 heavy (non-hydrogen) atoms. The zero-order valence-electron chi connectivity index (χ0n) is 9.53. The summed E-state index contributed by atoms with van der Waals surface area (Å²) >= 11 is 0. The van der Waals surface area contributed by atoms with Crippen molar-refractivity contribution >= 4 is 5.76 Å². The molecule has 0 spiro atoms. The summed E-state index contributed by atoms with van der Waals surface area (Å²) < 4.78 is 15.8. The third kappa shape index (κ3) is 2.24. The lowest BCUT2D eigenvalue weighted by Crippen LogP contribution is -1.97. The average molecular weight is 208 g/mol. The van der Waals surface area contributed by atoms with E-state index in [4.69, 9.17) is 14.2 Å². The number of methoxy groups -OCH3 is 3. The molecule has 0 unspecified atom stereocenters. The number of ether oxygens (including phenoxy) is 3. The molecule has 0 aromatic heterocycles. The van der Waals surface area contributed by atoms with E-state index in [9.17, 15) is 0 Å². The maximum absolute atomic E-state index is 5.27. The van der Waals surface area contributed by atoms with Gasteiger partial charge in [0.05, 0.1) is 21.3 Å². The van der Waals surface area contributed by atoms with Gasteiger partial charge >= 0.3 is 0 Å². The Morgan fingerprint density at radius 2 is 1.60 bits per heavy atom. The van der Waals surface area contributed by atoms with Gasteiger partial charge in [-0.15, -0.1) is 0 Å². The Morgan fingerprint density at radius 1 is 1.07 bits per heavy atom. The van der Waals surface area contributed by atoms with Gasteiger partial charge < -0.3 is 14.2 Å². The third-order valence-corrected chi connectivity index (χ3v) is 2.16. The molecule has 0 N–H and O–H groups in total. The van der Waals surface area contributed by atoms with Crippen molar-refractivity contribution < 1.29 is 14.2 Å². The summed E-state index contributed by atoms with van der Waals surface area (Å²) in [6.45, 7) is 1.91. The van der Waals surface area contributed by atoms with E-state index >= 15 is 0 Å². The van der Waals surface area contributed by atoms with Crippen molar-refractivity contribution in [1.82, 2.24) is 0 Å². The van der Waals surface area contributed by atoms with Crippen LogP contribution < -0.4 is 9.47 Å². The highest BCUT2D eigenvalue weighted by atomic mass is 16.5. The lowest BCUT2D eigenvalue weighted by atomic mass is 10.1. The van der Waals surface area contributed by atoms with Gasteiger partial charge in [-0.3, -0.25) is 0 Å². The van der Waals surface area contributed by atoms with E-state index in [1.54, 1.807) is 21.3 Å². The highest BCUT2D eigenvalue weighted by Crippen LogP contribution is 2.34. The van der Waals surface area contributed by atoms with E-state index in [1.807, 2.05) is 31.2 Å². The van der Waals surface area contributed by atoms with Crippen LogP contribution in [0, 0.1) is 0 Å². The lowest BCUT2D eigenvalue weighted by molar-refractivity contribution is 0.350. The maximum atomic E-state index is 5.27. The van der Waals surface area contributed by atoms with Crippen molar-refractivity contribution in [2.45, 2.75) is 6.92 Å². The topological polar surface area (TPSA) is 27.7 Å². The van der Waals surface area contributed by atoms with E-state index in [0.717, 1.165) is 22.8 Å². The number of allylic oxidation sites excluding steroid dienone is 1. The summed E-state index contributed by atoms with van der Waals surface area (Å²) in [6, 6.07) is 5.63. The Balaban J connectivity index is 3.33. The summed E-state index contributed by atoms with van der Waals surface area (Å²) in [7, 11) is 4.88. The fourth-order valence-corrected chi connectivity index (χ4v) is 1.46. The predicted octanol–water partition coefficient (Wildman–Crippen LogP) is 2.71. The van der Waals surface area contributed by atoms with Gasteiger partial charge in [-0.2, -0.15) is 0 Å². The Labute approximate surface area is 90.3 Å². The zero-order chi connectivity index (χ0) is 11.3. The molecule has 0 aliphatic carbocycles. The van der Waals surface area contributed by atoms with Crippen molar-refractivity contribution in [3.8, 4) is 11.5 Å². The Hall–Kier alpha value is -1.64. The molecule has 82 valence electrons. The highest BCUT2D eigenvalue weighted by Gasteiger charge is 2.14. The highest BCUT2D eigenvalue weighted by molar-refractivity contribution is 5.71. The quantitative estimate of drug-likeness (QED) is 0.712. The molecule has 1 aromatic carbocycles. The summed E-state index contributed by atoms with van der Waals surface area (Å²) in [6.07, 6.45) is 1.88. The van der Waals surface area contributed by atoms with Crippen molar-refractivity contribution in [2.75, 3.05) is 21.3 Å². The first-order valence-corrected chi connectivity index (χ1v) is 4.70. The van der Waals surface area contributed by atoms with Crippen LogP contribution in [-0.2, 0) is 4.74 Å². The fraction of sp³-hybridized carbons (Fsp3) is 0.333. The summed E-state index contributed by atoms with van der Waals surface area (Å²) in [5, 5.41) is 0. The van der Waals surface area contributed by atoms with Crippen LogP contribution in [0.5, 0.6) is 11.5 Å². The number of hydrogen-bond acceptors (Lipinski definition) is 3. The molecule has 0 radical (unpaired) electrons. The van der Waals surface area contributed by atoms with Crippen LogP contribution in [0.4, 0.5) is 0 Å². The smallest absolute Gasteiger partial charge is 0.133 e. The molecule has 0 fully saturated rings. The van der Waals surface area contributed by atoms with Gasteiger partial charge in [0.15, 0.2) is 0 Å². The SMILES string of the molecule is CC=C(OC)c1c(OC)cccc1OC. The number of rotatable bonds is 4. The second kappa shape index (κ2) is 5.29. The molecule has 0 aliphatic heterocycles. The van der Waals surface area contributed by atoms with Crippen LogP contribution in [-0.4, -0.2) is 21.3 Å². The molecule has 0 aliphatic rings. The summed E-state index contributed by atoms with van der Waals surface area (Å²) in [4.78, 5) is 0. The monoisotopic (exact) mass is 208 g/mol. The van der Waals surface area contributed by atoms with Gasteiger partial charge in [-0.05, 0) is 25.1 Å². The van der Waals surface area contributed by atoms with Crippen molar-refractivity contribution in [2.24, 2.45) is 0 Å². The summed E-state index contributed by atoms with van der Waals surface area (Å²) in [5.41, 5.74) is 0.840. The van der Waals surface area contributed by atoms with E-state index in [-0.39, 0.29) is 0 Å². The van der Waals surface area contributed by atoms with Gasteiger partial charge in [-0.1, -0.05) is 6.07 Å². The van der Waals surface area contributed by atoms with E-state index in [0.29, 0.717) is 0 Å². The van der Waals surface area contributed by atoms with Crippen molar-refractivity contribution in [3.05, 3.63) is 29.8 Å². The van der Waals surface area contributed by atoms with Gasteiger partial charge in [0, 0.05) is 0 Å². The molecule has 1 rings (SSSR count). The molecule has 1 aromatic rings. The van der Waals surface area contributed by atoms with Gasteiger partial charge in [0.1, 0.15) is 22.8 Å². The van der Waals surface area contributed by atoms with Crippen LogP contribution >= 0.6 is 0 Å². The number of benzene rings is 1. The molecule has 3 heteroatoms. The van der Waals surface area contributed by atoms with Crippen LogP contribution in [0.1, 0.15) is 12.5 Å². The Morgan fingerprint density at radius 3 is 1.93 bits per heavy atom. The van der Waals surface area contributed by atoms with Crippen molar-refractivity contribution in [3.63, 3.8) is 0 Å². The Bertz CT molecular complexity index is 334. The standard InChI is InChI=1S/C12H16O3/c1-5-9(13-2)12-10(14-3)7-6-8-11(12)15-4/h5-8H,1-4H3. The Kier molecular flexibility index (Phi) is 4.03. The molecule has 0 bridgehead atoms. The molecule has 0 atom stereocenters. The second-order valence-electron chi connectivity index (χ2n) is 2.89. The van der Waals surface area contributed by atoms with Crippen molar-refractivity contribution in [1.29, 1.82) is 0 Å². The van der Waals surface area contributed by atoms with Crippen LogP contribution in [0.25, 0.3) is 5.76 Å². The molecular formula is C12H16O3. The van der Waals surface area contributed by atoms with Crippen LogP contribution in [0.2, 0.25) is 0 Å². The molecule has 0 heterocycles. The van der Waals surface area contributed by atoms with Gasteiger partial charge in [-0.25, -0.2) is 0 Å². The van der Waals surface area contributed by atoms with Crippen LogP contribution in [0.3, 0.4) is 0 Å². The first kappa shape index (κ1) is 11.4. The minimum atomic E-state index is 0.740. The lowest BCUT2D eigenvalue weighted by Gasteiger charge is -2.14. The van der Waals surface area contributed by atoms with Gasteiger partial charge in [0.25, 0.3) is 0 Å². The van der Waals surface area contributed by atoms with E-state index in [2.05, 4.69) is 0 Å². The molecular weight excluding hydrogens is 192 g/mol. The normalized spacial score (nSPS) is 11.1. The molecule has 0 saturated carbocycles. The predicted molar refractivity (Wildman–Crippen MR) is 60.2 cm³/mol.